The highest BCUT2D eigenvalue weighted by molar-refractivity contribution is 7.89. The summed E-state index contributed by atoms with van der Waals surface area (Å²) < 4.78 is 41.8. The van der Waals surface area contributed by atoms with Gasteiger partial charge >= 0.3 is 0 Å². The van der Waals surface area contributed by atoms with E-state index in [-0.39, 0.29) is 77.2 Å². The SMILES string of the molecule is Cc1ncsc1-c1ccc(CNC(=O)[C@@H]2C[C@@H](O)CN2C(=O)[C@@H](NC(=O)COCCOCCNC(=O)c2ccc(COC[C@H](NC(=O)c3ccn(S(C)(=O)=O)c3)C(=O)Nc3nc(-c4ccccc4)cs3)cc2)C(C)(C)C)cc1. The van der Waals surface area contributed by atoms with Gasteiger partial charge in [0.1, 0.15) is 24.7 Å². The third-order valence-corrected chi connectivity index (χ3v) is 15.1. The number of β-amino-alcohol motifs (C(OH)–C–C–N with tert-alkyl or cyclic N) is 1. The van der Waals surface area contributed by atoms with Gasteiger partial charge in [-0.1, -0.05) is 87.5 Å². The Morgan fingerprint density at radius 2 is 1.54 bits per heavy atom. The van der Waals surface area contributed by atoms with Crippen LogP contribution in [0.1, 0.15) is 64.7 Å². The number of benzene rings is 3. The Bertz CT molecular complexity index is 3140. The predicted molar refractivity (Wildman–Crippen MR) is 294 cm³/mol. The lowest BCUT2D eigenvalue weighted by molar-refractivity contribution is -0.144. The van der Waals surface area contributed by atoms with E-state index in [1.54, 1.807) is 67.3 Å². The fourth-order valence-electron chi connectivity index (χ4n) is 8.16. The van der Waals surface area contributed by atoms with Crippen molar-refractivity contribution in [1.82, 2.24) is 40.1 Å². The molecule has 4 heterocycles. The summed E-state index contributed by atoms with van der Waals surface area (Å²) in [5, 5.41) is 26.5. The van der Waals surface area contributed by atoms with Crippen LogP contribution in [0.2, 0.25) is 0 Å². The van der Waals surface area contributed by atoms with E-state index in [2.05, 4.69) is 36.6 Å². The maximum atomic E-state index is 14.0. The molecule has 414 valence electrons. The summed E-state index contributed by atoms with van der Waals surface area (Å²) in [7, 11) is -3.65. The number of likely N-dealkylation sites (tertiary alicyclic amines) is 1. The van der Waals surface area contributed by atoms with E-state index < -0.39 is 69.2 Å². The van der Waals surface area contributed by atoms with Gasteiger partial charge in [-0.25, -0.2) is 18.4 Å². The van der Waals surface area contributed by atoms with Crippen molar-refractivity contribution < 1.29 is 56.5 Å². The molecule has 0 unspecified atom stereocenters. The van der Waals surface area contributed by atoms with Crippen LogP contribution in [-0.2, 0) is 56.6 Å². The highest BCUT2D eigenvalue weighted by Crippen LogP contribution is 2.29. The average Bonchev–Trinajstić information content (AvgIpc) is 4.27. The lowest BCUT2D eigenvalue weighted by Crippen LogP contribution is -2.58. The van der Waals surface area contributed by atoms with E-state index in [4.69, 9.17) is 14.2 Å². The van der Waals surface area contributed by atoms with Crippen molar-refractivity contribution in [3.63, 3.8) is 0 Å². The van der Waals surface area contributed by atoms with Crippen LogP contribution in [0.15, 0.2) is 108 Å². The van der Waals surface area contributed by atoms with Crippen LogP contribution in [0.5, 0.6) is 0 Å². The number of nitrogens with one attached hydrogen (secondary N) is 5. The number of aromatic nitrogens is 3. The number of rotatable bonds is 25. The van der Waals surface area contributed by atoms with Crippen molar-refractivity contribution in [2.45, 2.75) is 71.5 Å². The minimum Gasteiger partial charge on any atom is -0.391 e. The predicted octanol–water partition coefficient (Wildman–Crippen LogP) is 4.38. The van der Waals surface area contributed by atoms with Crippen molar-refractivity contribution >= 4 is 73.3 Å². The molecule has 0 bridgehead atoms. The molecule has 3 aromatic heterocycles. The molecule has 1 aliphatic heterocycles. The first-order valence-electron chi connectivity index (χ1n) is 24.9. The number of aryl methyl sites for hydroxylation is 1. The van der Waals surface area contributed by atoms with Gasteiger partial charge in [-0.3, -0.25) is 32.7 Å². The van der Waals surface area contributed by atoms with Crippen LogP contribution >= 0.6 is 22.7 Å². The number of aliphatic hydroxyl groups excluding tert-OH is 1. The Labute approximate surface area is 460 Å². The van der Waals surface area contributed by atoms with Gasteiger partial charge in [-0.2, -0.15) is 0 Å². The summed E-state index contributed by atoms with van der Waals surface area (Å²) in [4.78, 5) is 91.3. The molecule has 3 aromatic carbocycles. The first kappa shape index (κ1) is 58.5. The zero-order valence-electron chi connectivity index (χ0n) is 43.7. The summed E-state index contributed by atoms with van der Waals surface area (Å²) in [6.07, 6.45) is 2.52. The number of amides is 6. The Hall–Kier alpha value is -7.19. The summed E-state index contributed by atoms with van der Waals surface area (Å²) in [6.45, 7) is 7.37. The summed E-state index contributed by atoms with van der Waals surface area (Å²) >= 11 is 2.76. The summed E-state index contributed by atoms with van der Waals surface area (Å²) in [5.74, 6) is -3.11. The molecule has 78 heavy (non-hydrogen) atoms. The van der Waals surface area contributed by atoms with Crippen LogP contribution in [0, 0.1) is 12.3 Å². The normalized spacial score (nSPS) is 15.3. The van der Waals surface area contributed by atoms with Gasteiger partial charge in [0, 0.05) is 55.0 Å². The maximum Gasteiger partial charge on any atom is 0.253 e. The minimum absolute atomic E-state index is 0.0190. The number of ether oxygens (including phenoxy) is 3. The number of thiazole rings is 2. The van der Waals surface area contributed by atoms with Gasteiger partial charge in [0.2, 0.25) is 27.7 Å². The smallest absolute Gasteiger partial charge is 0.253 e. The molecule has 6 N–H and O–H groups in total. The number of aliphatic hydroxyl groups is 1. The Morgan fingerprint density at radius 1 is 0.821 bits per heavy atom. The molecule has 6 aromatic rings. The summed E-state index contributed by atoms with van der Waals surface area (Å²) in [5.41, 5.74) is 6.45. The molecule has 0 aliphatic carbocycles. The first-order valence-corrected chi connectivity index (χ1v) is 28.5. The van der Waals surface area contributed by atoms with Gasteiger partial charge in [0.05, 0.1) is 72.7 Å². The lowest BCUT2D eigenvalue weighted by atomic mass is 9.85. The number of nitrogens with zero attached hydrogens (tertiary/aromatic N) is 4. The Balaban J connectivity index is 0.801. The molecule has 0 spiro atoms. The van der Waals surface area contributed by atoms with E-state index in [0.717, 1.165) is 43.7 Å². The molecule has 6 amide bonds. The topological polar surface area (TPSA) is 279 Å². The Morgan fingerprint density at radius 3 is 2.22 bits per heavy atom. The van der Waals surface area contributed by atoms with Crippen molar-refractivity contribution in [3.8, 4) is 21.7 Å². The van der Waals surface area contributed by atoms with Gasteiger partial charge in [-0.15, -0.1) is 22.7 Å². The second-order valence-electron chi connectivity index (χ2n) is 19.5. The van der Waals surface area contributed by atoms with Crippen LogP contribution in [0.4, 0.5) is 5.13 Å². The van der Waals surface area contributed by atoms with Crippen molar-refractivity contribution in [1.29, 1.82) is 0 Å². The second kappa shape index (κ2) is 26.9. The number of carbonyl (C=O) groups excluding carboxylic acids is 6. The fraction of sp³-hybridized carbons (Fsp3) is 0.370. The second-order valence-corrected chi connectivity index (χ2v) is 23.1. The molecule has 1 saturated heterocycles. The van der Waals surface area contributed by atoms with E-state index >= 15 is 0 Å². The van der Waals surface area contributed by atoms with Gasteiger partial charge in [0.15, 0.2) is 5.13 Å². The van der Waals surface area contributed by atoms with Crippen LogP contribution in [0.25, 0.3) is 21.7 Å². The van der Waals surface area contributed by atoms with Gasteiger partial charge < -0.3 is 50.8 Å². The molecular weight excluding hydrogens is 1060 g/mol. The van der Waals surface area contributed by atoms with Crippen LogP contribution in [-0.4, -0.2) is 144 Å². The standard InChI is InChI=1S/C54H63N9O12S3/c1-34-46(77-33-57-34)38-15-11-35(12-16-38)26-56-51(69)44-25-41(64)28-63(44)52(70)47(54(2,3)4)60-45(65)31-74-24-23-73-22-20-55-48(66)39-17-13-36(14-18-39)29-75-30-42(58-49(67)40-19-21-62(27-40)78(5,71)72)50(68)61-53-59-43(32-76-53)37-9-7-6-8-10-37/h6-19,21,27,32-33,41-42,44,47,64H,20,22-26,28-31H2,1-5H3,(H,55,66)(H,56,69)(H,58,67)(H,60,65)(H,59,61,68)/t41-,42+,44+,47-/m1/s1. The zero-order valence-corrected chi connectivity index (χ0v) is 46.2. The molecule has 0 saturated carbocycles. The molecule has 1 fully saturated rings. The van der Waals surface area contributed by atoms with Crippen molar-refractivity contribution in [3.05, 3.63) is 136 Å². The van der Waals surface area contributed by atoms with Gasteiger partial charge in [0.25, 0.3) is 17.7 Å². The number of hydrogen-bond acceptors (Lipinski definition) is 16. The molecule has 0 radical (unpaired) electrons. The van der Waals surface area contributed by atoms with Gasteiger partial charge in [-0.05, 0) is 47.2 Å². The maximum absolute atomic E-state index is 14.0. The van der Waals surface area contributed by atoms with Crippen molar-refractivity contribution in [2.75, 3.05) is 57.7 Å². The fourth-order valence-corrected chi connectivity index (χ4v) is 10.3. The number of carbonyl (C=O) groups is 6. The van der Waals surface area contributed by atoms with E-state index in [9.17, 15) is 42.3 Å². The molecule has 4 atom stereocenters. The Kier molecular flexibility index (Phi) is 20.2. The third kappa shape index (κ3) is 16.4. The molecule has 1 aliphatic rings. The average molecular weight is 1130 g/mol. The van der Waals surface area contributed by atoms with E-state index in [1.807, 2.05) is 61.5 Å². The van der Waals surface area contributed by atoms with E-state index in [0.29, 0.717) is 22.0 Å². The number of anilines is 1. The third-order valence-electron chi connectivity index (χ3n) is 12.4. The molecule has 21 nitrogen and oxygen atoms in total. The first-order chi connectivity index (χ1) is 37.2. The molecular formula is C54H63N9O12S3. The van der Waals surface area contributed by atoms with Crippen molar-refractivity contribution in [2.24, 2.45) is 5.41 Å². The largest absolute Gasteiger partial charge is 0.391 e. The lowest BCUT2D eigenvalue weighted by Gasteiger charge is -2.35. The van der Waals surface area contributed by atoms with Crippen LogP contribution < -0.4 is 26.6 Å². The molecule has 24 heteroatoms. The van der Waals surface area contributed by atoms with Crippen LogP contribution in [0.3, 0.4) is 0 Å². The highest BCUT2D eigenvalue weighted by Gasteiger charge is 2.44. The number of hydrogen-bond donors (Lipinski definition) is 6. The molecule has 7 rings (SSSR count). The zero-order chi connectivity index (χ0) is 56.0. The monoisotopic (exact) mass is 1130 g/mol. The highest BCUT2D eigenvalue weighted by atomic mass is 32.2. The quantitative estimate of drug-likeness (QED) is 0.0435. The minimum atomic E-state index is -3.65. The summed E-state index contributed by atoms with van der Waals surface area (Å²) in [6, 6.07) is 21.9. The van der Waals surface area contributed by atoms with E-state index in [1.165, 1.54) is 28.5 Å².